The molecule has 0 aromatic rings. The summed E-state index contributed by atoms with van der Waals surface area (Å²) in [6.45, 7) is 5.63. The molecule has 1 saturated carbocycles. The average Bonchev–Trinajstić information content (AvgIpc) is 3.18. The molecule has 0 radical (unpaired) electrons. The van der Waals surface area contributed by atoms with Crippen molar-refractivity contribution in [3.8, 4) is 0 Å². The van der Waals surface area contributed by atoms with Crippen LogP contribution in [0.1, 0.15) is 59.3 Å². The fourth-order valence-electron chi connectivity index (χ4n) is 4.78. The van der Waals surface area contributed by atoms with Crippen LogP contribution in [0.5, 0.6) is 0 Å². The fraction of sp³-hybridized carbons (Fsp3) is 0.810. The zero-order valence-electron chi connectivity index (χ0n) is 18.1. The first-order valence-corrected chi connectivity index (χ1v) is 11.0. The molecule has 2 heterocycles. The highest BCUT2D eigenvalue weighted by Crippen LogP contribution is 2.29. The molecule has 3 N–H and O–H groups in total. The third-order valence-corrected chi connectivity index (χ3v) is 6.88. The number of hydrogen-bond donors (Lipinski definition) is 3. The van der Waals surface area contributed by atoms with Crippen LogP contribution in [-0.2, 0) is 14.4 Å². The van der Waals surface area contributed by atoms with Gasteiger partial charge in [-0.2, -0.15) is 0 Å². The minimum atomic E-state index is -0.994. The molecule has 2 aliphatic heterocycles. The number of carbonyl (C=O) groups is 4. The Morgan fingerprint density at radius 2 is 2.00 bits per heavy atom. The second-order valence-electron chi connectivity index (χ2n) is 9.31. The van der Waals surface area contributed by atoms with Crippen LogP contribution in [0.15, 0.2) is 0 Å². The van der Waals surface area contributed by atoms with Gasteiger partial charge in [0.05, 0.1) is 12.1 Å². The van der Waals surface area contributed by atoms with Crippen molar-refractivity contribution in [3.63, 3.8) is 0 Å². The van der Waals surface area contributed by atoms with E-state index in [1.54, 1.807) is 13.8 Å². The molecule has 30 heavy (non-hydrogen) atoms. The first-order chi connectivity index (χ1) is 14.1. The number of nitrogens with zero attached hydrogens (tertiary/aromatic N) is 2. The molecule has 5 amide bonds. The van der Waals surface area contributed by atoms with Gasteiger partial charge in [0.15, 0.2) is 0 Å². The van der Waals surface area contributed by atoms with Crippen molar-refractivity contribution in [1.29, 1.82) is 0 Å². The Labute approximate surface area is 177 Å². The lowest BCUT2D eigenvalue weighted by Crippen LogP contribution is -2.49. The van der Waals surface area contributed by atoms with Gasteiger partial charge in [-0.05, 0) is 38.5 Å². The van der Waals surface area contributed by atoms with E-state index in [0.717, 1.165) is 30.6 Å². The first kappa shape index (κ1) is 22.5. The Hall–Kier alpha value is -2.16. The first-order valence-electron chi connectivity index (χ1n) is 11.0. The van der Waals surface area contributed by atoms with Crippen molar-refractivity contribution in [2.24, 2.45) is 11.8 Å². The number of imide groups is 1. The molecule has 0 spiro atoms. The Morgan fingerprint density at radius 3 is 2.63 bits per heavy atom. The average molecular weight is 423 g/mol. The van der Waals surface area contributed by atoms with Crippen LogP contribution in [-0.4, -0.2) is 76.0 Å². The molecule has 0 aromatic carbocycles. The van der Waals surface area contributed by atoms with Gasteiger partial charge in [0.25, 0.3) is 5.91 Å². The minimum absolute atomic E-state index is 0.00173. The predicted octanol–water partition coefficient (Wildman–Crippen LogP) is 0.611. The standard InChI is InChI=1S/C21H34N4O5/c1-4-21(3)19(29)25(20(30)23-21)12-17(27)24-11-16(26)9-15(24)10-22-18(28)14-7-5-6-13(2)8-14/h13-16,26H,4-12H2,1-3H3,(H,22,28)(H,23,30)/t13?,14?,15-,16-,21?/m1/s1. The maximum absolute atomic E-state index is 12.9. The van der Waals surface area contributed by atoms with Gasteiger partial charge in [0.1, 0.15) is 12.1 Å². The van der Waals surface area contributed by atoms with Crippen molar-refractivity contribution >= 4 is 23.8 Å². The summed E-state index contributed by atoms with van der Waals surface area (Å²) < 4.78 is 0. The lowest BCUT2D eigenvalue weighted by molar-refractivity contribution is -0.139. The smallest absolute Gasteiger partial charge is 0.325 e. The predicted molar refractivity (Wildman–Crippen MR) is 109 cm³/mol. The van der Waals surface area contributed by atoms with E-state index in [9.17, 15) is 24.3 Å². The largest absolute Gasteiger partial charge is 0.391 e. The van der Waals surface area contributed by atoms with Gasteiger partial charge in [0.2, 0.25) is 11.8 Å². The highest BCUT2D eigenvalue weighted by Gasteiger charge is 2.48. The second-order valence-corrected chi connectivity index (χ2v) is 9.31. The van der Waals surface area contributed by atoms with E-state index in [1.807, 2.05) is 0 Å². The maximum Gasteiger partial charge on any atom is 0.325 e. The van der Waals surface area contributed by atoms with E-state index in [4.69, 9.17) is 0 Å². The summed E-state index contributed by atoms with van der Waals surface area (Å²) in [6.07, 6.45) is 4.07. The van der Waals surface area contributed by atoms with Gasteiger partial charge in [-0.3, -0.25) is 19.3 Å². The Kier molecular flexibility index (Phi) is 6.69. The number of β-amino-alcohol motifs (C(OH)–C–C–N with tert-alkyl or cyclic N) is 1. The van der Waals surface area contributed by atoms with E-state index in [0.29, 0.717) is 18.8 Å². The maximum atomic E-state index is 12.9. The number of amides is 5. The van der Waals surface area contributed by atoms with Crippen LogP contribution in [0.2, 0.25) is 0 Å². The molecular formula is C21H34N4O5. The Morgan fingerprint density at radius 1 is 1.27 bits per heavy atom. The number of likely N-dealkylation sites (tertiary alicyclic amines) is 1. The summed E-state index contributed by atoms with van der Waals surface area (Å²) in [7, 11) is 0. The van der Waals surface area contributed by atoms with Gasteiger partial charge >= 0.3 is 6.03 Å². The van der Waals surface area contributed by atoms with Gasteiger partial charge < -0.3 is 20.6 Å². The molecule has 3 fully saturated rings. The molecule has 0 bridgehead atoms. The highest BCUT2D eigenvalue weighted by atomic mass is 16.3. The minimum Gasteiger partial charge on any atom is -0.391 e. The summed E-state index contributed by atoms with van der Waals surface area (Å²) in [5, 5.41) is 15.7. The van der Waals surface area contributed by atoms with Crippen molar-refractivity contribution in [1.82, 2.24) is 20.4 Å². The third-order valence-electron chi connectivity index (χ3n) is 6.88. The van der Waals surface area contributed by atoms with E-state index >= 15 is 0 Å². The van der Waals surface area contributed by atoms with Crippen LogP contribution in [0.25, 0.3) is 0 Å². The topological polar surface area (TPSA) is 119 Å². The van der Waals surface area contributed by atoms with E-state index in [1.165, 1.54) is 4.90 Å². The van der Waals surface area contributed by atoms with Crippen molar-refractivity contribution in [2.45, 2.75) is 77.0 Å². The van der Waals surface area contributed by atoms with Crippen LogP contribution in [0, 0.1) is 11.8 Å². The van der Waals surface area contributed by atoms with E-state index < -0.39 is 29.5 Å². The van der Waals surface area contributed by atoms with Crippen LogP contribution in [0.4, 0.5) is 4.79 Å². The molecule has 9 heteroatoms. The molecular weight excluding hydrogens is 388 g/mol. The molecule has 2 saturated heterocycles. The molecule has 3 aliphatic rings. The SMILES string of the molecule is CCC1(C)NC(=O)N(CC(=O)N2C[C@H](O)C[C@@H]2CNC(=O)C2CCCC(C)C2)C1=O. The summed E-state index contributed by atoms with van der Waals surface area (Å²) in [4.78, 5) is 52.6. The number of urea groups is 1. The fourth-order valence-corrected chi connectivity index (χ4v) is 4.78. The van der Waals surface area contributed by atoms with Gasteiger partial charge in [-0.1, -0.05) is 26.7 Å². The van der Waals surface area contributed by atoms with Gasteiger partial charge in [0, 0.05) is 19.0 Å². The number of hydrogen-bond acceptors (Lipinski definition) is 5. The molecule has 3 rings (SSSR count). The zero-order valence-corrected chi connectivity index (χ0v) is 18.1. The van der Waals surface area contributed by atoms with Gasteiger partial charge in [-0.15, -0.1) is 0 Å². The number of aliphatic hydroxyl groups excluding tert-OH is 1. The quantitative estimate of drug-likeness (QED) is 0.542. The van der Waals surface area contributed by atoms with Crippen LogP contribution >= 0.6 is 0 Å². The lowest BCUT2D eigenvalue weighted by atomic mass is 9.82. The second kappa shape index (κ2) is 8.91. The van der Waals surface area contributed by atoms with E-state index in [2.05, 4.69) is 17.6 Å². The Balaban J connectivity index is 1.57. The summed E-state index contributed by atoms with van der Waals surface area (Å²) in [6, 6.07) is -0.926. The van der Waals surface area contributed by atoms with Crippen LogP contribution < -0.4 is 10.6 Å². The summed E-state index contributed by atoms with van der Waals surface area (Å²) in [5.41, 5.74) is -0.994. The van der Waals surface area contributed by atoms with Crippen molar-refractivity contribution < 1.29 is 24.3 Å². The molecule has 168 valence electrons. The molecule has 3 unspecified atom stereocenters. The monoisotopic (exact) mass is 422 g/mol. The molecule has 0 aromatic heterocycles. The normalized spacial score (nSPS) is 34.3. The van der Waals surface area contributed by atoms with E-state index in [-0.39, 0.29) is 37.5 Å². The van der Waals surface area contributed by atoms with Crippen molar-refractivity contribution in [3.05, 3.63) is 0 Å². The molecule has 9 nitrogen and oxygen atoms in total. The number of rotatable bonds is 6. The highest BCUT2D eigenvalue weighted by molar-refractivity contribution is 6.08. The Bertz CT molecular complexity index is 714. The number of carbonyl (C=O) groups excluding carboxylic acids is 4. The number of aliphatic hydroxyl groups is 1. The van der Waals surface area contributed by atoms with Crippen molar-refractivity contribution in [2.75, 3.05) is 19.6 Å². The zero-order chi connectivity index (χ0) is 22.1. The third kappa shape index (κ3) is 4.61. The molecule has 5 atom stereocenters. The number of nitrogens with one attached hydrogen (secondary N) is 2. The van der Waals surface area contributed by atoms with Crippen LogP contribution in [0.3, 0.4) is 0 Å². The molecule has 1 aliphatic carbocycles. The lowest BCUT2D eigenvalue weighted by Gasteiger charge is -2.29. The summed E-state index contributed by atoms with van der Waals surface area (Å²) in [5.74, 6) is -0.274. The summed E-state index contributed by atoms with van der Waals surface area (Å²) >= 11 is 0. The van der Waals surface area contributed by atoms with Gasteiger partial charge in [-0.25, -0.2) is 4.79 Å².